The van der Waals surface area contributed by atoms with Gasteiger partial charge in [0.1, 0.15) is 0 Å². The minimum atomic E-state index is 0.344. The van der Waals surface area contributed by atoms with Gasteiger partial charge in [-0.05, 0) is 37.6 Å². The number of piperazine rings is 1. The number of nitrogens with one attached hydrogen (secondary N) is 1. The van der Waals surface area contributed by atoms with Gasteiger partial charge in [0.05, 0.1) is 5.69 Å². The Hall–Kier alpha value is -1.36. The first-order valence-electron chi connectivity index (χ1n) is 7.88. The summed E-state index contributed by atoms with van der Waals surface area (Å²) in [5.41, 5.74) is 2.39. The molecule has 0 amide bonds. The number of hydrogen-bond donors (Lipinski definition) is 1. The van der Waals surface area contributed by atoms with E-state index < -0.39 is 0 Å². The van der Waals surface area contributed by atoms with Gasteiger partial charge < -0.3 is 5.32 Å². The summed E-state index contributed by atoms with van der Waals surface area (Å²) in [6.45, 7) is 8.16. The molecular weight excluding hydrogens is 296 g/mol. The maximum Gasteiger partial charge on any atom is 0.0765 e. The summed E-state index contributed by atoms with van der Waals surface area (Å²) in [7, 11) is 0. The number of benzene rings is 1. The van der Waals surface area contributed by atoms with Crippen LogP contribution in [0.15, 0.2) is 36.5 Å². The highest BCUT2D eigenvalue weighted by Crippen LogP contribution is 2.26. The van der Waals surface area contributed by atoms with Gasteiger partial charge in [0.2, 0.25) is 0 Å². The highest BCUT2D eigenvalue weighted by molar-refractivity contribution is 6.30. The van der Waals surface area contributed by atoms with Crippen LogP contribution in [-0.2, 0) is 6.54 Å². The molecule has 0 saturated carbocycles. The molecule has 0 radical (unpaired) electrons. The van der Waals surface area contributed by atoms with E-state index in [2.05, 4.69) is 53.6 Å². The monoisotopic (exact) mass is 318 g/mol. The molecule has 1 aliphatic rings. The van der Waals surface area contributed by atoms with Crippen molar-refractivity contribution in [3.05, 3.63) is 52.8 Å². The van der Waals surface area contributed by atoms with Crippen LogP contribution in [0.2, 0.25) is 5.02 Å². The minimum Gasteiger partial charge on any atom is -0.314 e. The standard InChI is InChI=1S/C17H23ClN4/c1-13(2)22-8-6-16(20-22)12-21-9-7-19-11-17(21)14-4-3-5-15(18)10-14/h3-6,8,10,13,17,19H,7,9,11-12H2,1-2H3. The lowest BCUT2D eigenvalue weighted by molar-refractivity contribution is 0.151. The third-order valence-electron chi connectivity index (χ3n) is 4.15. The van der Waals surface area contributed by atoms with Gasteiger partial charge in [-0.3, -0.25) is 9.58 Å². The molecule has 1 aliphatic heterocycles. The molecule has 118 valence electrons. The normalized spacial score (nSPS) is 19.7. The van der Waals surface area contributed by atoms with Crippen molar-refractivity contribution in [1.29, 1.82) is 0 Å². The summed E-state index contributed by atoms with van der Waals surface area (Å²) in [5, 5.41) is 8.96. The minimum absolute atomic E-state index is 0.344. The smallest absolute Gasteiger partial charge is 0.0765 e. The van der Waals surface area contributed by atoms with E-state index in [4.69, 9.17) is 11.6 Å². The van der Waals surface area contributed by atoms with Gasteiger partial charge in [-0.1, -0.05) is 23.7 Å². The van der Waals surface area contributed by atoms with E-state index in [-0.39, 0.29) is 0 Å². The maximum atomic E-state index is 6.16. The molecule has 1 N–H and O–H groups in total. The lowest BCUT2D eigenvalue weighted by Gasteiger charge is -2.36. The van der Waals surface area contributed by atoms with Gasteiger partial charge >= 0.3 is 0 Å². The van der Waals surface area contributed by atoms with Crippen molar-refractivity contribution in [3.63, 3.8) is 0 Å². The van der Waals surface area contributed by atoms with Crippen LogP contribution in [0.4, 0.5) is 0 Å². The van der Waals surface area contributed by atoms with Crippen LogP contribution in [0.3, 0.4) is 0 Å². The predicted octanol–water partition coefficient (Wildman–Crippen LogP) is 3.26. The van der Waals surface area contributed by atoms with Crippen LogP contribution >= 0.6 is 11.6 Å². The van der Waals surface area contributed by atoms with Crippen LogP contribution in [0.5, 0.6) is 0 Å². The van der Waals surface area contributed by atoms with Crippen molar-refractivity contribution in [2.45, 2.75) is 32.5 Å². The van der Waals surface area contributed by atoms with Gasteiger partial charge in [-0.15, -0.1) is 0 Å². The fourth-order valence-electron chi connectivity index (χ4n) is 2.94. The summed E-state index contributed by atoms with van der Waals surface area (Å²) in [6, 6.07) is 11.0. The molecule has 1 atom stereocenters. The molecule has 0 aliphatic carbocycles. The van der Waals surface area contributed by atoms with E-state index in [1.807, 2.05) is 16.8 Å². The van der Waals surface area contributed by atoms with E-state index in [1.165, 1.54) is 5.56 Å². The van der Waals surface area contributed by atoms with Crippen LogP contribution < -0.4 is 5.32 Å². The fourth-order valence-corrected chi connectivity index (χ4v) is 3.13. The van der Waals surface area contributed by atoms with Crippen LogP contribution in [0.1, 0.15) is 37.2 Å². The molecule has 5 heteroatoms. The van der Waals surface area contributed by atoms with E-state index in [9.17, 15) is 0 Å². The Kier molecular flexibility index (Phi) is 4.81. The Balaban J connectivity index is 1.77. The van der Waals surface area contributed by atoms with Crippen molar-refractivity contribution < 1.29 is 0 Å². The van der Waals surface area contributed by atoms with Crippen molar-refractivity contribution in [2.24, 2.45) is 0 Å². The lowest BCUT2D eigenvalue weighted by Crippen LogP contribution is -2.45. The Morgan fingerprint density at radius 1 is 1.36 bits per heavy atom. The maximum absolute atomic E-state index is 6.16. The first-order chi connectivity index (χ1) is 10.6. The van der Waals surface area contributed by atoms with E-state index in [0.717, 1.165) is 36.9 Å². The van der Waals surface area contributed by atoms with Crippen molar-refractivity contribution in [1.82, 2.24) is 20.0 Å². The predicted molar refractivity (Wildman–Crippen MR) is 90.1 cm³/mol. The average molecular weight is 319 g/mol. The molecule has 1 unspecified atom stereocenters. The SMILES string of the molecule is CC(C)n1ccc(CN2CCNCC2c2cccc(Cl)c2)n1. The van der Waals surface area contributed by atoms with Crippen LogP contribution in [0, 0.1) is 0 Å². The quantitative estimate of drug-likeness (QED) is 0.939. The third kappa shape index (κ3) is 3.51. The summed E-state index contributed by atoms with van der Waals surface area (Å²) in [5.74, 6) is 0. The molecule has 2 aromatic rings. The first-order valence-corrected chi connectivity index (χ1v) is 8.25. The lowest BCUT2D eigenvalue weighted by atomic mass is 10.0. The first kappa shape index (κ1) is 15.5. The molecule has 0 bridgehead atoms. The number of aromatic nitrogens is 2. The van der Waals surface area contributed by atoms with Crippen LogP contribution in [-0.4, -0.2) is 34.3 Å². The number of halogens is 1. The molecule has 22 heavy (non-hydrogen) atoms. The molecule has 1 aromatic heterocycles. The largest absolute Gasteiger partial charge is 0.314 e. The Morgan fingerprint density at radius 3 is 2.95 bits per heavy atom. The zero-order valence-electron chi connectivity index (χ0n) is 13.2. The topological polar surface area (TPSA) is 33.1 Å². The second kappa shape index (κ2) is 6.82. The van der Waals surface area contributed by atoms with E-state index >= 15 is 0 Å². The highest BCUT2D eigenvalue weighted by Gasteiger charge is 2.24. The number of nitrogens with zero attached hydrogens (tertiary/aromatic N) is 3. The van der Waals surface area contributed by atoms with Crippen molar-refractivity contribution in [3.8, 4) is 0 Å². The Labute approximate surface area is 137 Å². The van der Waals surface area contributed by atoms with Gasteiger partial charge in [-0.25, -0.2) is 0 Å². The zero-order chi connectivity index (χ0) is 15.5. The summed E-state index contributed by atoms with van der Waals surface area (Å²) >= 11 is 6.16. The third-order valence-corrected chi connectivity index (χ3v) is 4.38. The molecule has 0 spiro atoms. The van der Waals surface area contributed by atoms with E-state index in [0.29, 0.717) is 12.1 Å². The van der Waals surface area contributed by atoms with Gasteiger partial charge in [-0.2, -0.15) is 5.10 Å². The molecule has 1 fully saturated rings. The number of rotatable bonds is 4. The molecular formula is C17H23ClN4. The zero-order valence-corrected chi connectivity index (χ0v) is 13.9. The fraction of sp³-hybridized carbons (Fsp3) is 0.471. The second-order valence-electron chi connectivity index (χ2n) is 6.13. The number of hydrogen-bond acceptors (Lipinski definition) is 3. The molecule has 3 rings (SSSR count). The molecule has 1 saturated heterocycles. The molecule has 2 heterocycles. The van der Waals surface area contributed by atoms with Gasteiger partial charge in [0.25, 0.3) is 0 Å². The molecule has 1 aromatic carbocycles. The van der Waals surface area contributed by atoms with Gasteiger partial charge in [0, 0.05) is 49.5 Å². The summed E-state index contributed by atoms with van der Waals surface area (Å²) < 4.78 is 2.02. The van der Waals surface area contributed by atoms with Gasteiger partial charge in [0.15, 0.2) is 0 Å². The highest BCUT2D eigenvalue weighted by atomic mass is 35.5. The average Bonchev–Trinajstić information content (AvgIpc) is 2.97. The Bertz CT molecular complexity index is 623. The van der Waals surface area contributed by atoms with E-state index in [1.54, 1.807) is 0 Å². The Morgan fingerprint density at radius 2 is 2.23 bits per heavy atom. The second-order valence-corrected chi connectivity index (χ2v) is 6.56. The summed E-state index contributed by atoms with van der Waals surface area (Å²) in [6.07, 6.45) is 2.07. The van der Waals surface area contributed by atoms with Crippen molar-refractivity contribution >= 4 is 11.6 Å². The molecule has 4 nitrogen and oxygen atoms in total. The van der Waals surface area contributed by atoms with Crippen molar-refractivity contribution in [2.75, 3.05) is 19.6 Å². The summed E-state index contributed by atoms with van der Waals surface area (Å²) in [4.78, 5) is 2.48. The van der Waals surface area contributed by atoms with Crippen LogP contribution in [0.25, 0.3) is 0 Å².